The van der Waals surface area contributed by atoms with Crippen molar-refractivity contribution in [2.75, 3.05) is 38.2 Å². The maximum Gasteiger partial charge on any atom is 0.249 e. The zero-order valence-electron chi connectivity index (χ0n) is 18.7. The minimum Gasteiger partial charge on any atom is -0.370 e. The van der Waals surface area contributed by atoms with Gasteiger partial charge in [-0.1, -0.05) is 6.07 Å². The number of amides is 2. The van der Waals surface area contributed by atoms with Gasteiger partial charge in [-0.3, -0.25) is 9.59 Å². The van der Waals surface area contributed by atoms with Crippen molar-refractivity contribution < 1.29 is 14.3 Å². The second kappa shape index (κ2) is 10.0. The van der Waals surface area contributed by atoms with E-state index in [0.717, 1.165) is 42.9 Å². The molecule has 2 saturated heterocycles. The van der Waals surface area contributed by atoms with Gasteiger partial charge in [0.05, 0.1) is 18.3 Å². The average Bonchev–Trinajstić information content (AvgIpc) is 3.40. The molecule has 0 bridgehead atoms. The fraction of sp³-hybridized carbons (Fsp3) is 0.522. The molecule has 0 saturated carbocycles. The van der Waals surface area contributed by atoms with Gasteiger partial charge in [0.1, 0.15) is 12.4 Å². The van der Waals surface area contributed by atoms with Crippen LogP contribution in [0.3, 0.4) is 0 Å². The number of aromatic nitrogens is 3. The summed E-state index contributed by atoms with van der Waals surface area (Å²) in [5, 5.41) is 3.17. The van der Waals surface area contributed by atoms with Crippen molar-refractivity contribution in [3.8, 4) is 0 Å². The third-order valence-electron chi connectivity index (χ3n) is 5.81. The fourth-order valence-corrected chi connectivity index (χ4v) is 4.33. The first kappa shape index (κ1) is 22.1. The molecule has 2 aromatic heterocycles. The van der Waals surface area contributed by atoms with Crippen molar-refractivity contribution >= 4 is 23.6 Å². The van der Waals surface area contributed by atoms with E-state index in [2.05, 4.69) is 15.3 Å². The van der Waals surface area contributed by atoms with E-state index < -0.39 is 0 Å². The van der Waals surface area contributed by atoms with Gasteiger partial charge in [0.15, 0.2) is 0 Å². The Labute approximate surface area is 188 Å². The van der Waals surface area contributed by atoms with Gasteiger partial charge in [-0.25, -0.2) is 15.0 Å². The molecular weight excluding hydrogens is 408 g/mol. The Balaban J connectivity index is 1.34. The predicted octanol–water partition coefficient (Wildman–Crippen LogP) is 2.53. The van der Waals surface area contributed by atoms with E-state index in [1.54, 1.807) is 4.90 Å². The number of anilines is 2. The van der Waals surface area contributed by atoms with Crippen LogP contribution in [0.2, 0.25) is 0 Å². The van der Waals surface area contributed by atoms with E-state index in [1.165, 1.54) is 0 Å². The molecule has 0 radical (unpaired) electrons. The molecule has 2 amide bonds. The van der Waals surface area contributed by atoms with Crippen LogP contribution in [-0.2, 0) is 14.3 Å². The lowest BCUT2D eigenvalue weighted by Crippen LogP contribution is -2.35. The topological polar surface area (TPSA) is 101 Å². The standard InChI is InChI=1S/C23H30N6O3/c1-16-14-17(2)25-23(24-16)27-20-8-3-6-18(26-20)19-7-4-11-29(19)22(31)15-32-13-12-28-10-5-9-21(28)30/h3,6,8,14,19H,4-5,7,9-13,15H2,1-2H3,(H,24,25,26,27). The Morgan fingerprint density at radius 2 is 1.97 bits per heavy atom. The Bertz CT molecular complexity index is 962. The number of likely N-dealkylation sites (tertiary alicyclic amines) is 2. The molecule has 1 N–H and O–H groups in total. The van der Waals surface area contributed by atoms with Crippen molar-refractivity contribution in [3.63, 3.8) is 0 Å². The molecule has 1 atom stereocenters. The fourth-order valence-electron chi connectivity index (χ4n) is 4.33. The molecule has 9 heteroatoms. The van der Waals surface area contributed by atoms with Gasteiger partial charge in [0.2, 0.25) is 17.8 Å². The summed E-state index contributed by atoms with van der Waals surface area (Å²) in [6.45, 7) is 6.28. The van der Waals surface area contributed by atoms with Gasteiger partial charge >= 0.3 is 0 Å². The highest BCUT2D eigenvalue weighted by molar-refractivity contribution is 5.78. The van der Waals surface area contributed by atoms with Crippen LogP contribution in [0.25, 0.3) is 0 Å². The monoisotopic (exact) mass is 438 g/mol. The molecule has 0 spiro atoms. The Hall–Kier alpha value is -3.07. The van der Waals surface area contributed by atoms with Gasteiger partial charge in [-0.05, 0) is 51.3 Å². The minimum atomic E-state index is -0.0758. The highest BCUT2D eigenvalue weighted by Crippen LogP contribution is 2.31. The summed E-state index contributed by atoms with van der Waals surface area (Å²) in [4.78, 5) is 41.6. The number of nitrogens with zero attached hydrogens (tertiary/aromatic N) is 5. The minimum absolute atomic E-state index is 0.0207. The van der Waals surface area contributed by atoms with Gasteiger partial charge in [0, 0.05) is 37.4 Å². The lowest BCUT2D eigenvalue weighted by Gasteiger charge is -2.25. The molecular formula is C23H30N6O3. The Kier molecular flexibility index (Phi) is 6.94. The SMILES string of the molecule is Cc1cc(C)nc(Nc2cccc(C3CCCN3C(=O)COCCN3CCCC3=O)n2)n1. The van der Waals surface area contributed by atoms with E-state index in [0.29, 0.717) is 37.9 Å². The van der Waals surface area contributed by atoms with Crippen LogP contribution < -0.4 is 5.32 Å². The van der Waals surface area contributed by atoms with E-state index in [9.17, 15) is 9.59 Å². The maximum atomic E-state index is 12.8. The smallest absolute Gasteiger partial charge is 0.249 e. The lowest BCUT2D eigenvalue weighted by molar-refractivity contribution is -0.137. The number of pyridine rings is 1. The average molecular weight is 439 g/mol. The normalized spacial score (nSPS) is 18.4. The number of hydrogen-bond acceptors (Lipinski definition) is 7. The van der Waals surface area contributed by atoms with Crippen LogP contribution in [0.4, 0.5) is 11.8 Å². The summed E-state index contributed by atoms with van der Waals surface area (Å²) in [5.74, 6) is 1.29. The highest BCUT2D eigenvalue weighted by Gasteiger charge is 2.31. The molecule has 0 aliphatic carbocycles. The number of rotatable bonds is 8. The molecule has 2 aliphatic heterocycles. The van der Waals surface area contributed by atoms with Crippen molar-refractivity contribution in [2.45, 2.75) is 45.6 Å². The first-order chi connectivity index (χ1) is 15.5. The Morgan fingerprint density at radius 3 is 2.72 bits per heavy atom. The van der Waals surface area contributed by atoms with Crippen LogP contribution >= 0.6 is 0 Å². The molecule has 4 rings (SSSR count). The van der Waals surface area contributed by atoms with Crippen molar-refractivity contribution in [3.05, 3.63) is 41.3 Å². The van der Waals surface area contributed by atoms with Crippen LogP contribution in [0, 0.1) is 13.8 Å². The van der Waals surface area contributed by atoms with Crippen molar-refractivity contribution in [2.24, 2.45) is 0 Å². The predicted molar refractivity (Wildman–Crippen MR) is 119 cm³/mol. The van der Waals surface area contributed by atoms with E-state index in [1.807, 2.05) is 43.0 Å². The third-order valence-corrected chi connectivity index (χ3v) is 5.81. The second-order valence-corrected chi connectivity index (χ2v) is 8.33. The summed E-state index contributed by atoms with van der Waals surface area (Å²) in [5.41, 5.74) is 2.61. The highest BCUT2D eigenvalue weighted by atomic mass is 16.5. The van der Waals surface area contributed by atoms with Crippen LogP contribution in [-0.4, -0.2) is 69.4 Å². The molecule has 2 aromatic rings. The first-order valence-corrected chi connectivity index (χ1v) is 11.2. The number of hydrogen-bond donors (Lipinski definition) is 1. The molecule has 1 unspecified atom stereocenters. The molecule has 2 fully saturated rings. The second-order valence-electron chi connectivity index (χ2n) is 8.33. The van der Waals surface area contributed by atoms with Crippen molar-refractivity contribution in [1.82, 2.24) is 24.8 Å². The lowest BCUT2D eigenvalue weighted by atomic mass is 10.1. The van der Waals surface area contributed by atoms with Crippen LogP contribution in [0.15, 0.2) is 24.3 Å². The zero-order chi connectivity index (χ0) is 22.5. The zero-order valence-corrected chi connectivity index (χ0v) is 18.7. The van der Waals surface area contributed by atoms with Gasteiger partial charge in [-0.15, -0.1) is 0 Å². The molecule has 2 aliphatic rings. The van der Waals surface area contributed by atoms with Gasteiger partial charge in [0.25, 0.3) is 0 Å². The van der Waals surface area contributed by atoms with Crippen LogP contribution in [0.1, 0.15) is 48.8 Å². The number of aryl methyl sites for hydroxylation is 2. The molecule has 9 nitrogen and oxygen atoms in total. The molecule has 170 valence electrons. The van der Waals surface area contributed by atoms with Gasteiger partial charge < -0.3 is 19.9 Å². The van der Waals surface area contributed by atoms with Crippen LogP contribution in [0.5, 0.6) is 0 Å². The number of carbonyl (C=O) groups excluding carboxylic acids is 2. The Morgan fingerprint density at radius 1 is 1.16 bits per heavy atom. The summed E-state index contributed by atoms with van der Waals surface area (Å²) in [7, 11) is 0. The third kappa shape index (κ3) is 5.40. The molecule has 32 heavy (non-hydrogen) atoms. The molecule has 4 heterocycles. The largest absolute Gasteiger partial charge is 0.370 e. The van der Waals surface area contributed by atoms with Gasteiger partial charge in [-0.2, -0.15) is 0 Å². The number of ether oxygens (including phenoxy) is 1. The molecule has 0 aromatic carbocycles. The number of nitrogens with one attached hydrogen (secondary N) is 1. The van der Waals surface area contributed by atoms with E-state index in [4.69, 9.17) is 9.72 Å². The number of carbonyl (C=O) groups is 2. The van der Waals surface area contributed by atoms with E-state index in [-0.39, 0.29) is 24.5 Å². The first-order valence-electron chi connectivity index (χ1n) is 11.2. The summed E-state index contributed by atoms with van der Waals surface area (Å²) in [6, 6.07) is 7.59. The quantitative estimate of drug-likeness (QED) is 0.632. The van der Waals surface area contributed by atoms with E-state index >= 15 is 0 Å². The van der Waals surface area contributed by atoms with Crippen molar-refractivity contribution in [1.29, 1.82) is 0 Å². The summed E-state index contributed by atoms with van der Waals surface area (Å²) < 4.78 is 5.59. The summed E-state index contributed by atoms with van der Waals surface area (Å²) in [6.07, 6.45) is 3.32. The maximum absolute atomic E-state index is 12.8. The summed E-state index contributed by atoms with van der Waals surface area (Å²) >= 11 is 0.